The first-order valence-electron chi connectivity index (χ1n) is 5.45. The molecule has 1 aromatic carbocycles. The number of aryl methyl sites for hydroxylation is 1. The fourth-order valence-corrected chi connectivity index (χ4v) is 2.06. The fraction of sp³-hybridized carbons (Fsp3) is 0.231. The van der Waals surface area contributed by atoms with Crippen molar-refractivity contribution in [1.29, 1.82) is 0 Å². The summed E-state index contributed by atoms with van der Waals surface area (Å²) < 4.78 is 5.33. The first kappa shape index (κ1) is 12.2. The van der Waals surface area contributed by atoms with Gasteiger partial charge in [0, 0.05) is 11.4 Å². The Bertz CT molecular complexity index is 482. The van der Waals surface area contributed by atoms with Crippen LogP contribution in [0.5, 0.6) is 0 Å². The van der Waals surface area contributed by atoms with Gasteiger partial charge in [-0.3, -0.25) is 11.3 Å². The zero-order chi connectivity index (χ0) is 12.3. The molecule has 0 aliphatic heterocycles. The number of hydrogen-bond donors (Lipinski definition) is 2. The fourth-order valence-electron chi connectivity index (χ4n) is 1.88. The minimum atomic E-state index is -0.000139. The molecule has 3 N–H and O–H groups in total. The van der Waals surface area contributed by atoms with E-state index in [0.717, 1.165) is 16.9 Å². The number of benzene rings is 1. The Morgan fingerprint density at radius 1 is 1.41 bits per heavy atom. The molecule has 1 aromatic heterocycles. The number of furan rings is 1. The first-order valence-corrected chi connectivity index (χ1v) is 5.83. The Morgan fingerprint density at radius 2 is 2.24 bits per heavy atom. The van der Waals surface area contributed by atoms with Gasteiger partial charge in [0.15, 0.2) is 0 Å². The standard InChI is InChI=1S/C13H15ClN2O/c1-9-4-5-10(14)7-12(9)13(16-15)8-11-3-2-6-17-11/h2-7,13,16H,8,15H2,1H3. The Kier molecular flexibility index (Phi) is 3.84. The second kappa shape index (κ2) is 5.36. The maximum Gasteiger partial charge on any atom is 0.105 e. The van der Waals surface area contributed by atoms with E-state index in [2.05, 4.69) is 5.43 Å². The molecule has 1 unspecified atom stereocenters. The average Bonchev–Trinajstić information content (AvgIpc) is 2.82. The molecule has 4 heteroatoms. The van der Waals surface area contributed by atoms with Gasteiger partial charge in [-0.25, -0.2) is 0 Å². The van der Waals surface area contributed by atoms with Crippen molar-refractivity contribution in [2.45, 2.75) is 19.4 Å². The van der Waals surface area contributed by atoms with Crippen LogP contribution in [0.2, 0.25) is 5.02 Å². The van der Waals surface area contributed by atoms with Gasteiger partial charge in [0.1, 0.15) is 5.76 Å². The molecule has 0 bridgehead atoms. The van der Waals surface area contributed by atoms with Gasteiger partial charge in [0.2, 0.25) is 0 Å². The summed E-state index contributed by atoms with van der Waals surface area (Å²) in [4.78, 5) is 0. The Labute approximate surface area is 106 Å². The van der Waals surface area contributed by atoms with Crippen LogP contribution >= 0.6 is 11.6 Å². The van der Waals surface area contributed by atoms with E-state index in [-0.39, 0.29) is 6.04 Å². The van der Waals surface area contributed by atoms with Gasteiger partial charge in [-0.15, -0.1) is 0 Å². The molecule has 0 aliphatic rings. The zero-order valence-electron chi connectivity index (χ0n) is 9.61. The summed E-state index contributed by atoms with van der Waals surface area (Å²) in [5.41, 5.74) is 5.06. The molecule has 0 spiro atoms. The summed E-state index contributed by atoms with van der Waals surface area (Å²) in [6.45, 7) is 2.04. The lowest BCUT2D eigenvalue weighted by atomic mass is 9.98. The van der Waals surface area contributed by atoms with E-state index in [4.69, 9.17) is 21.9 Å². The SMILES string of the molecule is Cc1ccc(Cl)cc1C(Cc1ccco1)NN. The van der Waals surface area contributed by atoms with E-state index >= 15 is 0 Å². The van der Waals surface area contributed by atoms with E-state index in [1.807, 2.05) is 37.3 Å². The van der Waals surface area contributed by atoms with Crippen LogP contribution < -0.4 is 11.3 Å². The number of halogens is 1. The van der Waals surface area contributed by atoms with Crippen LogP contribution in [-0.4, -0.2) is 0 Å². The largest absolute Gasteiger partial charge is 0.469 e. The number of rotatable bonds is 4. The summed E-state index contributed by atoms with van der Waals surface area (Å²) in [5, 5.41) is 0.713. The van der Waals surface area contributed by atoms with Gasteiger partial charge in [-0.2, -0.15) is 0 Å². The molecule has 0 amide bonds. The highest BCUT2D eigenvalue weighted by Gasteiger charge is 2.14. The lowest BCUT2D eigenvalue weighted by Crippen LogP contribution is -2.30. The van der Waals surface area contributed by atoms with Crippen molar-refractivity contribution in [3.63, 3.8) is 0 Å². The van der Waals surface area contributed by atoms with Crippen LogP contribution in [0, 0.1) is 6.92 Å². The van der Waals surface area contributed by atoms with E-state index in [9.17, 15) is 0 Å². The van der Waals surface area contributed by atoms with E-state index < -0.39 is 0 Å². The number of hydrazine groups is 1. The van der Waals surface area contributed by atoms with Crippen molar-refractivity contribution < 1.29 is 4.42 Å². The molecule has 90 valence electrons. The lowest BCUT2D eigenvalue weighted by Gasteiger charge is -2.17. The molecule has 2 rings (SSSR count). The topological polar surface area (TPSA) is 51.2 Å². The summed E-state index contributed by atoms with van der Waals surface area (Å²) in [6.07, 6.45) is 2.36. The second-order valence-electron chi connectivity index (χ2n) is 4.00. The molecule has 17 heavy (non-hydrogen) atoms. The highest BCUT2D eigenvalue weighted by molar-refractivity contribution is 6.30. The van der Waals surface area contributed by atoms with Crippen LogP contribution in [0.4, 0.5) is 0 Å². The van der Waals surface area contributed by atoms with Gasteiger partial charge >= 0.3 is 0 Å². The third kappa shape index (κ3) is 2.88. The maximum atomic E-state index is 6.01. The molecule has 1 heterocycles. The molecular weight excluding hydrogens is 236 g/mol. The highest BCUT2D eigenvalue weighted by atomic mass is 35.5. The van der Waals surface area contributed by atoms with E-state index in [1.54, 1.807) is 6.26 Å². The van der Waals surface area contributed by atoms with Crippen LogP contribution in [0.1, 0.15) is 22.9 Å². The predicted molar refractivity (Wildman–Crippen MR) is 68.7 cm³/mol. The Hall–Kier alpha value is -1.29. The monoisotopic (exact) mass is 250 g/mol. The van der Waals surface area contributed by atoms with Crippen LogP contribution in [0.25, 0.3) is 0 Å². The van der Waals surface area contributed by atoms with Crippen molar-refractivity contribution >= 4 is 11.6 Å². The highest BCUT2D eigenvalue weighted by Crippen LogP contribution is 2.24. The smallest absolute Gasteiger partial charge is 0.105 e. The third-order valence-electron chi connectivity index (χ3n) is 2.80. The number of nitrogens with two attached hydrogens (primary N) is 1. The first-order chi connectivity index (χ1) is 8.20. The van der Waals surface area contributed by atoms with E-state index in [0.29, 0.717) is 11.4 Å². The number of hydrogen-bond acceptors (Lipinski definition) is 3. The predicted octanol–water partition coefficient (Wildman–Crippen LogP) is 2.99. The van der Waals surface area contributed by atoms with Crippen LogP contribution in [-0.2, 0) is 6.42 Å². The van der Waals surface area contributed by atoms with Gasteiger partial charge in [-0.05, 0) is 42.3 Å². The van der Waals surface area contributed by atoms with E-state index in [1.165, 1.54) is 0 Å². The summed E-state index contributed by atoms with van der Waals surface area (Å²) in [6, 6.07) is 9.60. The molecule has 0 radical (unpaired) electrons. The summed E-state index contributed by atoms with van der Waals surface area (Å²) >= 11 is 6.01. The Balaban J connectivity index is 2.25. The van der Waals surface area contributed by atoms with Crippen molar-refractivity contribution in [2.75, 3.05) is 0 Å². The molecule has 1 atom stereocenters. The molecule has 0 saturated heterocycles. The molecule has 2 aromatic rings. The van der Waals surface area contributed by atoms with Crippen molar-refractivity contribution in [1.82, 2.24) is 5.43 Å². The van der Waals surface area contributed by atoms with Crippen LogP contribution in [0.3, 0.4) is 0 Å². The zero-order valence-corrected chi connectivity index (χ0v) is 10.4. The maximum absolute atomic E-state index is 6.01. The van der Waals surface area contributed by atoms with Crippen molar-refractivity contribution in [2.24, 2.45) is 5.84 Å². The average molecular weight is 251 g/mol. The van der Waals surface area contributed by atoms with Gasteiger partial charge in [0.05, 0.1) is 12.3 Å². The summed E-state index contributed by atoms with van der Waals surface area (Å²) in [7, 11) is 0. The molecule has 3 nitrogen and oxygen atoms in total. The third-order valence-corrected chi connectivity index (χ3v) is 3.04. The quantitative estimate of drug-likeness (QED) is 0.648. The minimum absolute atomic E-state index is 0.000139. The Morgan fingerprint density at radius 3 is 2.88 bits per heavy atom. The molecule has 0 aliphatic carbocycles. The molecule has 0 fully saturated rings. The lowest BCUT2D eigenvalue weighted by molar-refractivity contribution is 0.454. The summed E-state index contributed by atoms with van der Waals surface area (Å²) in [5.74, 6) is 6.50. The molecule has 0 saturated carbocycles. The number of nitrogens with one attached hydrogen (secondary N) is 1. The van der Waals surface area contributed by atoms with Gasteiger partial charge in [0.25, 0.3) is 0 Å². The van der Waals surface area contributed by atoms with Crippen molar-refractivity contribution in [3.8, 4) is 0 Å². The van der Waals surface area contributed by atoms with Crippen molar-refractivity contribution in [3.05, 3.63) is 58.5 Å². The second-order valence-corrected chi connectivity index (χ2v) is 4.44. The van der Waals surface area contributed by atoms with Crippen LogP contribution in [0.15, 0.2) is 41.0 Å². The van der Waals surface area contributed by atoms with Gasteiger partial charge in [-0.1, -0.05) is 17.7 Å². The minimum Gasteiger partial charge on any atom is -0.469 e. The normalized spacial score (nSPS) is 12.6. The van der Waals surface area contributed by atoms with Gasteiger partial charge < -0.3 is 4.42 Å². The molecular formula is C13H15ClN2O.